The van der Waals surface area contributed by atoms with Crippen LogP contribution >= 0.6 is 24.0 Å². The van der Waals surface area contributed by atoms with Gasteiger partial charge in [-0.15, -0.1) is 24.0 Å². The van der Waals surface area contributed by atoms with E-state index in [4.69, 9.17) is 10.1 Å². The summed E-state index contributed by atoms with van der Waals surface area (Å²) in [5.41, 5.74) is 4.65. The monoisotopic (exact) mass is 521 g/mol. The van der Waals surface area contributed by atoms with Gasteiger partial charge >= 0.3 is 0 Å². The van der Waals surface area contributed by atoms with Gasteiger partial charge in [0.1, 0.15) is 0 Å². The van der Waals surface area contributed by atoms with Crippen LogP contribution in [0.15, 0.2) is 53.8 Å². The molecular weight excluding hydrogens is 489 g/mol. The second-order valence-corrected chi connectivity index (χ2v) is 7.04. The molecule has 0 atom stereocenters. The molecule has 162 valence electrons. The number of benzene rings is 1. The quantitative estimate of drug-likeness (QED) is 0.196. The van der Waals surface area contributed by atoms with Gasteiger partial charge in [0.15, 0.2) is 5.96 Å². The van der Waals surface area contributed by atoms with Crippen molar-refractivity contribution in [3.63, 3.8) is 0 Å². The first kappa shape index (κ1) is 23.9. The Morgan fingerprint density at radius 3 is 2.60 bits per heavy atom. The lowest BCUT2D eigenvalue weighted by Crippen LogP contribution is -2.38. The van der Waals surface area contributed by atoms with Gasteiger partial charge in [0, 0.05) is 43.3 Å². The Kier molecular flexibility index (Phi) is 9.85. The maximum absolute atomic E-state index is 4.78. The van der Waals surface area contributed by atoms with Crippen molar-refractivity contribution < 1.29 is 0 Å². The normalized spacial score (nSPS) is 11.2. The predicted octanol–water partition coefficient (Wildman–Crippen LogP) is 3.51. The third kappa shape index (κ3) is 6.86. The lowest BCUT2D eigenvalue weighted by Gasteiger charge is -2.11. The molecule has 2 aromatic heterocycles. The average Bonchev–Trinajstić information content (AvgIpc) is 3.33. The first-order valence-corrected chi connectivity index (χ1v) is 10.2. The molecule has 3 aromatic rings. The number of aliphatic imine (C=N–C) groups is 1. The van der Waals surface area contributed by atoms with Gasteiger partial charge in [-0.05, 0) is 38.8 Å². The molecule has 2 N–H and O–H groups in total. The summed E-state index contributed by atoms with van der Waals surface area (Å²) in [5, 5.41) is 15.7. The summed E-state index contributed by atoms with van der Waals surface area (Å²) in [5.74, 6) is 0.836. The number of rotatable bonds is 9. The number of hydrogen-bond acceptors (Lipinski definition) is 3. The van der Waals surface area contributed by atoms with Gasteiger partial charge in [0.05, 0.1) is 18.8 Å². The van der Waals surface area contributed by atoms with Gasteiger partial charge in [-0.2, -0.15) is 10.2 Å². The van der Waals surface area contributed by atoms with Crippen molar-refractivity contribution in [2.24, 2.45) is 4.99 Å². The number of aryl methyl sites for hydroxylation is 2. The fourth-order valence-electron chi connectivity index (χ4n) is 3.25. The molecule has 0 radical (unpaired) electrons. The van der Waals surface area contributed by atoms with Crippen LogP contribution in [-0.4, -0.2) is 38.6 Å². The Balaban J connectivity index is 0.00000320. The van der Waals surface area contributed by atoms with E-state index in [0.717, 1.165) is 44.3 Å². The standard InChI is InChI=1S/C22H31N7.HI/c1-4-23-22(24-12-8-14-28-15-9-13-26-28)25-16-21-18(2)27-29(19(21)3)17-20-10-6-5-7-11-20;/h5-7,9-11,13,15H,4,8,12,14,16-17H2,1-3H3,(H2,23,24,25);1H. The summed E-state index contributed by atoms with van der Waals surface area (Å²) < 4.78 is 4.01. The minimum Gasteiger partial charge on any atom is -0.357 e. The number of nitrogens with zero attached hydrogens (tertiary/aromatic N) is 5. The molecule has 1 aromatic carbocycles. The van der Waals surface area contributed by atoms with E-state index in [9.17, 15) is 0 Å². The van der Waals surface area contributed by atoms with Gasteiger partial charge < -0.3 is 10.6 Å². The molecule has 0 aliphatic rings. The minimum atomic E-state index is 0. The van der Waals surface area contributed by atoms with E-state index >= 15 is 0 Å². The van der Waals surface area contributed by atoms with Crippen LogP contribution in [0, 0.1) is 13.8 Å². The molecule has 0 fully saturated rings. The molecule has 0 bridgehead atoms. The van der Waals surface area contributed by atoms with Gasteiger partial charge in [0.2, 0.25) is 0 Å². The minimum absolute atomic E-state index is 0. The molecule has 0 saturated carbocycles. The van der Waals surface area contributed by atoms with Crippen LogP contribution in [0.2, 0.25) is 0 Å². The van der Waals surface area contributed by atoms with Crippen LogP contribution in [0.1, 0.15) is 35.9 Å². The Morgan fingerprint density at radius 2 is 1.90 bits per heavy atom. The highest BCUT2D eigenvalue weighted by atomic mass is 127. The summed E-state index contributed by atoms with van der Waals surface area (Å²) >= 11 is 0. The van der Waals surface area contributed by atoms with Crippen LogP contribution in [0.3, 0.4) is 0 Å². The van der Waals surface area contributed by atoms with Crippen molar-refractivity contribution in [2.45, 2.75) is 46.8 Å². The highest BCUT2D eigenvalue weighted by molar-refractivity contribution is 14.0. The highest BCUT2D eigenvalue weighted by Crippen LogP contribution is 2.16. The molecule has 30 heavy (non-hydrogen) atoms. The smallest absolute Gasteiger partial charge is 0.191 e. The van der Waals surface area contributed by atoms with Gasteiger partial charge in [0.25, 0.3) is 0 Å². The SMILES string of the molecule is CCNC(=NCc1c(C)nn(Cc2ccccc2)c1C)NCCCn1cccn1.I. The maximum Gasteiger partial charge on any atom is 0.191 e. The van der Waals surface area contributed by atoms with E-state index < -0.39 is 0 Å². The molecular formula is C22H32IN7. The molecule has 0 aliphatic carbocycles. The fourth-order valence-corrected chi connectivity index (χ4v) is 3.25. The topological polar surface area (TPSA) is 72.1 Å². The van der Waals surface area contributed by atoms with Crippen LogP contribution in [0.5, 0.6) is 0 Å². The van der Waals surface area contributed by atoms with E-state index in [1.165, 1.54) is 16.8 Å². The number of hydrogen-bond donors (Lipinski definition) is 2. The van der Waals surface area contributed by atoms with E-state index in [0.29, 0.717) is 6.54 Å². The third-order valence-electron chi connectivity index (χ3n) is 4.86. The van der Waals surface area contributed by atoms with Crippen LogP contribution in [-0.2, 0) is 19.6 Å². The summed E-state index contributed by atoms with van der Waals surface area (Å²) in [6.07, 6.45) is 4.78. The lowest BCUT2D eigenvalue weighted by molar-refractivity contribution is 0.570. The molecule has 0 saturated heterocycles. The van der Waals surface area contributed by atoms with Crippen molar-refractivity contribution in [1.29, 1.82) is 0 Å². The Hall–Kier alpha value is -2.36. The number of halogens is 1. The lowest BCUT2D eigenvalue weighted by atomic mass is 10.2. The first-order valence-electron chi connectivity index (χ1n) is 10.2. The maximum atomic E-state index is 4.78. The van der Waals surface area contributed by atoms with E-state index in [1.807, 2.05) is 29.2 Å². The van der Waals surface area contributed by atoms with Crippen molar-refractivity contribution in [2.75, 3.05) is 13.1 Å². The molecule has 0 unspecified atom stereocenters. The fraction of sp³-hybridized carbons (Fsp3) is 0.409. The van der Waals surface area contributed by atoms with Gasteiger partial charge in [-0.3, -0.25) is 9.36 Å². The number of aromatic nitrogens is 4. The number of guanidine groups is 1. The molecule has 7 nitrogen and oxygen atoms in total. The molecule has 3 rings (SSSR count). The molecule has 0 amide bonds. The van der Waals surface area contributed by atoms with Crippen LogP contribution in [0.4, 0.5) is 0 Å². The summed E-state index contributed by atoms with van der Waals surface area (Å²) in [4.78, 5) is 4.78. The summed E-state index contributed by atoms with van der Waals surface area (Å²) in [6, 6.07) is 12.4. The van der Waals surface area contributed by atoms with E-state index in [2.05, 4.69) is 65.5 Å². The largest absolute Gasteiger partial charge is 0.357 e. The van der Waals surface area contributed by atoms with Crippen molar-refractivity contribution in [3.8, 4) is 0 Å². The average molecular weight is 521 g/mol. The second-order valence-electron chi connectivity index (χ2n) is 7.04. The zero-order valence-corrected chi connectivity index (χ0v) is 20.3. The predicted molar refractivity (Wildman–Crippen MR) is 132 cm³/mol. The Morgan fingerprint density at radius 1 is 1.10 bits per heavy atom. The van der Waals surface area contributed by atoms with E-state index in [1.54, 1.807) is 0 Å². The molecule has 0 aliphatic heterocycles. The zero-order valence-electron chi connectivity index (χ0n) is 18.0. The van der Waals surface area contributed by atoms with Crippen LogP contribution < -0.4 is 10.6 Å². The van der Waals surface area contributed by atoms with Gasteiger partial charge in [-0.1, -0.05) is 30.3 Å². The summed E-state index contributed by atoms with van der Waals surface area (Å²) in [7, 11) is 0. The van der Waals surface area contributed by atoms with Crippen molar-refractivity contribution >= 4 is 29.9 Å². The highest BCUT2D eigenvalue weighted by Gasteiger charge is 2.11. The van der Waals surface area contributed by atoms with Gasteiger partial charge in [-0.25, -0.2) is 4.99 Å². The van der Waals surface area contributed by atoms with Crippen molar-refractivity contribution in [1.82, 2.24) is 30.2 Å². The van der Waals surface area contributed by atoms with E-state index in [-0.39, 0.29) is 24.0 Å². The Bertz CT molecular complexity index is 901. The first-order chi connectivity index (χ1) is 14.2. The molecule has 0 spiro atoms. The summed E-state index contributed by atoms with van der Waals surface area (Å²) in [6.45, 7) is 10.2. The Labute approximate surface area is 196 Å². The zero-order chi connectivity index (χ0) is 20.5. The molecule has 2 heterocycles. The van der Waals surface area contributed by atoms with Crippen LogP contribution in [0.25, 0.3) is 0 Å². The van der Waals surface area contributed by atoms with Crippen molar-refractivity contribution in [3.05, 3.63) is 71.3 Å². The number of nitrogens with one attached hydrogen (secondary N) is 2. The second kappa shape index (κ2) is 12.4. The molecule has 8 heteroatoms. The third-order valence-corrected chi connectivity index (χ3v) is 4.86.